The van der Waals surface area contributed by atoms with Gasteiger partial charge < -0.3 is 4.90 Å². The number of likely N-dealkylation sites (N-methyl/N-ethyl adjacent to an activating group) is 1. The van der Waals surface area contributed by atoms with Gasteiger partial charge in [-0.1, -0.05) is 6.08 Å². The molecule has 0 aliphatic carbocycles. The molecule has 0 aromatic carbocycles. The second kappa shape index (κ2) is 2.14. The topological polar surface area (TPSA) is 4.44 Å². The number of nitrogens with one attached hydrogen (secondary N) is 1. The molecule has 0 saturated carbocycles. The van der Waals surface area contributed by atoms with E-state index in [1.165, 1.54) is 4.90 Å². The van der Waals surface area contributed by atoms with Crippen LogP contribution in [0.4, 0.5) is 0 Å². The number of hydrogen-bond donors (Lipinski definition) is 1. The van der Waals surface area contributed by atoms with Crippen molar-refractivity contribution in [3.8, 4) is 0 Å². The van der Waals surface area contributed by atoms with Crippen molar-refractivity contribution in [1.82, 2.24) is 0 Å². The van der Waals surface area contributed by atoms with Gasteiger partial charge in [0.25, 0.3) is 0 Å². The van der Waals surface area contributed by atoms with Crippen LogP contribution in [0.2, 0.25) is 0 Å². The van der Waals surface area contributed by atoms with Crippen molar-refractivity contribution in [2.45, 2.75) is 13.0 Å². The molecule has 44 valence electrons. The van der Waals surface area contributed by atoms with Crippen LogP contribution in [0.1, 0.15) is 6.92 Å². The Balaban J connectivity index is 2.59. The maximum absolute atomic E-state index is 2.20. The lowest BCUT2D eigenvalue weighted by Gasteiger charge is -2.15. The number of hydrogen-bond acceptors (Lipinski definition) is 0. The Morgan fingerprint density at radius 3 is 2.50 bits per heavy atom. The SMILES string of the molecule is CC1C=CC=C[NH+]1C. The molecule has 2 atom stereocenters. The van der Waals surface area contributed by atoms with Crippen LogP contribution in [0.25, 0.3) is 0 Å². The summed E-state index contributed by atoms with van der Waals surface area (Å²) >= 11 is 0. The minimum absolute atomic E-state index is 0.653. The highest BCUT2D eigenvalue weighted by atomic mass is 15.1. The Hall–Kier alpha value is -0.560. The molecule has 0 radical (unpaired) electrons. The normalized spacial score (nSPS) is 35.8. The fraction of sp³-hybridized carbons (Fsp3) is 0.429. The van der Waals surface area contributed by atoms with E-state index in [4.69, 9.17) is 0 Å². The van der Waals surface area contributed by atoms with Gasteiger partial charge >= 0.3 is 0 Å². The molecule has 0 aromatic rings. The Kier molecular flexibility index (Phi) is 1.49. The second-order valence-corrected chi connectivity index (χ2v) is 2.28. The molecule has 0 fully saturated rings. The van der Waals surface area contributed by atoms with Crippen molar-refractivity contribution in [2.75, 3.05) is 7.05 Å². The fourth-order valence-electron chi connectivity index (χ4n) is 0.742. The lowest BCUT2D eigenvalue weighted by atomic mass is 10.2. The van der Waals surface area contributed by atoms with Crippen molar-refractivity contribution in [3.05, 3.63) is 24.4 Å². The second-order valence-electron chi connectivity index (χ2n) is 2.28. The first-order valence-electron chi connectivity index (χ1n) is 2.99. The third-order valence-corrected chi connectivity index (χ3v) is 1.59. The highest BCUT2D eigenvalue weighted by Gasteiger charge is 2.06. The van der Waals surface area contributed by atoms with E-state index in [2.05, 4.69) is 38.4 Å². The lowest BCUT2D eigenvalue weighted by Crippen LogP contribution is -3.08. The maximum atomic E-state index is 2.20. The molecule has 1 aliphatic rings. The van der Waals surface area contributed by atoms with Gasteiger partial charge in [0, 0.05) is 0 Å². The van der Waals surface area contributed by atoms with E-state index in [0.717, 1.165) is 0 Å². The number of quaternary nitrogens is 1. The predicted molar refractivity (Wildman–Crippen MR) is 34.6 cm³/mol. The van der Waals surface area contributed by atoms with E-state index in [1.54, 1.807) is 0 Å². The van der Waals surface area contributed by atoms with Crippen molar-refractivity contribution in [1.29, 1.82) is 0 Å². The van der Waals surface area contributed by atoms with Crippen LogP contribution in [0.15, 0.2) is 24.4 Å². The highest BCUT2D eigenvalue weighted by molar-refractivity contribution is 5.04. The van der Waals surface area contributed by atoms with Crippen molar-refractivity contribution in [3.63, 3.8) is 0 Å². The van der Waals surface area contributed by atoms with Crippen LogP contribution < -0.4 is 4.90 Å². The summed E-state index contributed by atoms with van der Waals surface area (Å²) in [6.07, 6.45) is 8.53. The lowest BCUT2D eigenvalue weighted by molar-refractivity contribution is -0.843. The average molecular weight is 110 g/mol. The molecule has 1 N–H and O–H groups in total. The van der Waals surface area contributed by atoms with Crippen LogP contribution in [0.3, 0.4) is 0 Å². The van der Waals surface area contributed by atoms with E-state index in [0.29, 0.717) is 6.04 Å². The van der Waals surface area contributed by atoms with E-state index in [-0.39, 0.29) is 0 Å². The average Bonchev–Trinajstić information content (AvgIpc) is 1.77. The maximum Gasteiger partial charge on any atom is 0.107 e. The van der Waals surface area contributed by atoms with Gasteiger partial charge in [0.05, 0.1) is 13.2 Å². The molecule has 8 heavy (non-hydrogen) atoms. The minimum atomic E-state index is 0.653. The monoisotopic (exact) mass is 110 g/mol. The van der Waals surface area contributed by atoms with Crippen LogP contribution >= 0.6 is 0 Å². The summed E-state index contributed by atoms with van der Waals surface area (Å²) in [6.45, 7) is 2.20. The summed E-state index contributed by atoms with van der Waals surface area (Å²) in [5.74, 6) is 0. The molecule has 0 aromatic heterocycles. The zero-order valence-corrected chi connectivity index (χ0v) is 5.39. The molecule has 1 aliphatic heterocycles. The first-order valence-corrected chi connectivity index (χ1v) is 2.99. The molecule has 1 rings (SSSR count). The minimum Gasteiger partial charge on any atom is -0.306 e. The van der Waals surface area contributed by atoms with E-state index in [9.17, 15) is 0 Å². The van der Waals surface area contributed by atoms with Crippen LogP contribution in [-0.4, -0.2) is 13.1 Å². The molecule has 0 amide bonds. The summed E-state index contributed by atoms with van der Waals surface area (Å²) in [6, 6.07) is 0.653. The molecule has 0 saturated heterocycles. The molecule has 1 nitrogen and oxygen atoms in total. The molecular formula is C7H12N+. The van der Waals surface area contributed by atoms with Gasteiger partial charge in [-0.05, 0) is 19.1 Å². The fourth-order valence-corrected chi connectivity index (χ4v) is 0.742. The Bertz CT molecular complexity index is 108. The largest absolute Gasteiger partial charge is 0.306 e. The Morgan fingerprint density at radius 2 is 2.12 bits per heavy atom. The van der Waals surface area contributed by atoms with Crippen LogP contribution in [-0.2, 0) is 0 Å². The molecule has 1 heteroatoms. The molecular weight excluding hydrogens is 98.1 g/mol. The third-order valence-electron chi connectivity index (χ3n) is 1.59. The van der Waals surface area contributed by atoms with Crippen molar-refractivity contribution in [2.24, 2.45) is 0 Å². The number of allylic oxidation sites excluding steroid dienone is 2. The quantitative estimate of drug-likeness (QED) is 0.447. The molecule has 0 spiro atoms. The zero-order chi connectivity index (χ0) is 5.98. The van der Waals surface area contributed by atoms with Gasteiger partial charge in [0.15, 0.2) is 0 Å². The van der Waals surface area contributed by atoms with E-state index in [1.807, 2.05) is 0 Å². The van der Waals surface area contributed by atoms with Crippen LogP contribution in [0, 0.1) is 0 Å². The number of rotatable bonds is 0. The summed E-state index contributed by atoms with van der Waals surface area (Å²) in [7, 11) is 2.16. The van der Waals surface area contributed by atoms with Gasteiger partial charge in [-0.3, -0.25) is 0 Å². The Morgan fingerprint density at radius 1 is 1.38 bits per heavy atom. The molecule has 1 heterocycles. The van der Waals surface area contributed by atoms with Crippen molar-refractivity contribution >= 4 is 0 Å². The van der Waals surface area contributed by atoms with Crippen molar-refractivity contribution < 1.29 is 4.90 Å². The van der Waals surface area contributed by atoms with E-state index >= 15 is 0 Å². The third kappa shape index (κ3) is 0.984. The van der Waals surface area contributed by atoms with Gasteiger partial charge in [0.2, 0.25) is 0 Å². The predicted octanol–water partition coefficient (Wildman–Crippen LogP) is -0.0269. The van der Waals surface area contributed by atoms with Gasteiger partial charge in [0.1, 0.15) is 6.04 Å². The van der Waals surface area contributed by atoms with Crippen LogP contribution in [0.5, 0.6) is 0 Å². The first kappa shape index (κ1) is 5.57. The van der Waals surface area contributed by atoms with Gasteiger partial charge in [-0.15, -0.1) is 0 Å². The highest BCUT2D eigenvalue weighted by Crippen LogP contribution is 1.84. The summed E-state index contributed by atoms with van der Waals surface area (Å²) < 4.78 is 0. The van der Waals surface area contributed by atoms with Gasteiger partial charge in [-0.25, -0.2) is 0 Å². The standard InChI is InChI=1S/C7H11N/c1-7-5-3-4-6-8(7)2/h3-7H,1-2H3/p+1. The van der Waals surface area contributed by atoms with E-state index < -0.39 is 0 Å². The summed E-state index contributed by atoms with van der Waals surface area (Å²) in [5, 5.41) is 0. The molecule has 2 unspecified atom stereocenters. The zero-order valence-electron chi connectivity index (χ0n) is 5.39. The first-order chi connectivity index (χ1) is 3.80. The summed E-state index contributed by atoms with van der Waals surface area (Å²) in [5.41, 5.74) is 0. The Labute approximate surface area is 50.3 Å². The molecule has 0 bridgehead atoms. The van der Waals surface area contributed by atoms with Gasteiger partial charge in [-0.2, -0.15) is 0 Å². The summed E-state index contributed by atoms with van der Waals surface area (Å²) in [4.78, 5) is 1.45. The smallest absolute Gasteiger partial charge is 0.107 e.